The van der Waals surface area contributed by atoms with Gasteiger partial charge in [-0.1, -0.05) is 31.9 Å². The predicted octanol–water partition coefficient (Wildman–Crippen LogP) is 3.48. The Morgan fingerprint density at radius 3 is 2.71 bits per heavy atom. The van der Waals surface area contributed by atoms with Crippen LogP contribution in [0.3, 0.4) is 0 Å². The van der Waals surface area contributed by atoms with E-state index in [4.69, 9.17) is 5.11 Å². The molecule has 2 aliphatic rings. The number of carbonyl (C=O) groups excluding carboxylic acids is 1. The lowest BCUT2D eigenvalue weighted by atomic mass is 9.62. The Balaban J connectivity index is 1.87. The van der Waals surface area contributed by atoms with Gasteiger partial charge in [0.2, 0.25) is 0 Å². The second-order valence-corrected chi connectivity index (χ2v) is 8.37. The monoisotopic (exact) mass is 390 g/mol. The largest absolute Gasteiger partial charge is 0.481 e. The lowest BCUT2D eigenvalue weighted by Gasteiger charge is -2.45. The van der Waals surface area contributed by atoms with Gasteiger partial charge in [-0.05, 0) is 37.5 Å². The molecule has 0 aromatic heterocycles. The van der Waals surface area contributed by atoms with Crippen LogP contribution in [0.4, 0.5) is 0 Å². The first-order chi connectivity index (χ1) is 13.4. The Kier molecular flexibility index (Phi) is 8.72. The van der Waals surface area contributed by atoms with Gasteiger partial charge in [-0.2, -0.15) is 0 Å². The van der Waals surface area contributed by atoms with Crippen LogP contribution in [-0.4, -0.2) is 39.3 Å². The molecular weight excluding hydrogens is 356 g/mol. The Labute approximate surface area is 168 Å². The van der Waals surface area contributed by atoms with Crippen LogP contribution < -0.4 is 0 Å². The average molecular weight is 391 g/mol. The van der Waals surface area contributed by atoms with Crippen molar-refractivity contribution in [1.29, 1.82) is 0 Å². The first kappa shape index (κ1) is 22.6. The molecule has 5 nitrogen and oxygen atoms in total. The molecule has 4 atom stereocenters. The minimum absolute atomic E-state index is 0.0315. The third-order valence-electron chi connectivity index (χ3n) is 6.39. The Morgan fingerprint density at radius 2 is 2.11 bits per heavy atom. The fourth-order valence-corrected chi connectivity index (χ4v) is 4.58. The molecule has 0 amide bonds. The van der Waals surface area contributed by atoms with Crippen molar-refractivity contribution in [1.82, 2.24) is 0 Å². The Bertz CT molecular complexity index is 623. The summed E-state index contributed by atoms with van der Waals surface area (Å²) in [7, 11) is 0. The normalized spacial score (nSPS) is 27.2. The van der Waals surface area contributed by atoms with Crippen LogP contribution in [0.25, 0.3) is 0 Å². The number of rotatable bonds is 10. The number of carbonyl (C=O) groups is 2. The van der Waals surface area contributed by atoms with E-state index in [-0.39, 0.29) is 42.0 Å². The molecule has 0 unspecified atom stereocenters. The quantitative estimate of drug-likeness (QED) is 0.302. The van der Waals surface area contributed by atoms with E-state index in [2.05, 4.69) is 18.8 Å². The van der Waals surface area contributed by atoms with E-state index in [1.165, 1.54) is 6.42 Å². The van der Waals surface area contributed by atoms with E-state index in [1.54, 1.807) is 0 Å². The summed E-state index contributed by atoms with van der Waals surface area (Å²) in [4.78, 5) is 22.7. The standard InChI is InChI=1S/C23H34O5/c1-2-13-23(14-8-15-23)21(26)11-7-10-18-17(19(24)16-20(18)25)9-5-3-4-6-12-22(27)28/h7,10,17-18,20-21,25-26H,2,4,6,8-9,11-16H2,1H3,(H,27,28)/b10-7+/t17-,18-,20-,21+/m1/s1. The molecular formula is C23H34O5. The summed E-state index contributed by atoms with van der Waals surface area (Å²) in [5.41, 5.74) is 0.0596. The number of ketones is 1. The molecule has 2 saturated carbocycles. The number of carboxylic acid groups (broad SMARTS) is 1. The minimum Gasteiger partial charge on any atom is -0.481 e. The van der Waals surface area contributed by atoms with Crippen LogP contribution >= 0.6 is 0 Å². The summed E-state index contributed by atoms with van der Waals surface area (Å²) in [6, 6.07) is 0. The molecule has 0 aliphatic heterocycles. The van der Waals surface area contributed by atoms with Gasteiger partial charge in [0.25, 0.3) is 0 Å². The topological polar surface area (TPSA) is 94.8 Å². The molecule has 0 saturated heterocycles. The molecule has 2 fully saturated rings. The van der Waals surface area contributed by atoms with Crippen molar-refractivity contribution in [2.45, 2.75) is 89.8 Å². The lowest BCUT2D eigenvalue weighted by molar-refractivity contribution is -0.137. The number of unbranched alkanes of at least 4 members (excludes halogenated alkanes) is 1. The van der Waals surface area contributed by atoms with E-state index >= 15 is 0 Å². The molecule has 0 aromatic rings. The zero-order valence-corrected chi connectivity index (χ0v) is 16.9. The summed E-state index contributed by atoms with van der Waals surface area (Å²) in [5, 5.41) is 29.5. The highest BCUT2D eigenvalue weighted by molar-refractivity contribution is 5.85. The maximum absolute atomic E-state index is 12.2. The maximum atomic E-state index is 12.2. The number of aliphatic hydroxyl groups is 2. The van der Waals surface area contributed by atoms with Gasteiger partial charge >= 0.3 is 5.97 Å². The molecule has 2 rings (SSSR count). The van der Waals surface area contributed by atoms with E-state index in [1.807, 2.05) is 12.2 Å². The van der Waals surface area contributed by atoms with Crippen LogP contribution in [0.15, 0.2) is 12.2 Å². The van der Waals surface area contributed by atoms with Crippen LogP contribution in [-0.2, 0) is 9.59 Å². The van der Waals surface area contributed by atoms with Crippen molar-refractivity contribution >= 4 is 11.8 Å². The minimum atomic E-state index is -0.828. The molecule has 2 aliphatic carbocycles. The number of Topliss-reactive ketones (excluding diaryl/α,β-unsaturated/α-hetero) is 1. The average Bonchev–Trinajstić information content (AvgIpc) is 2.87. The highest BCUT2D eigenvalue weighted by Crippen LogP contribution is 2.48. The maximum Gasteiger partial charge on any atom is 0.303 e. The van der Waals surface area contributed by atoms with Crippen LogP contribution in [0, 0.1) is 29.1 Å². The SMILES string of the molecule is CCCC1([C@@H](O)C/C=C/[C@H]2[C@H](O)CC(=O)[C@@H]2CC#CCCCC(=O)O)CCC1. The molecule has 28 heavy (non-hydrogen) atoms. The number of aliphatic hydroxyl groups excluding tert-OH is 2. The molecule has 0 aromatic carbocycles. The molecule has 0 bridgehead atoms. The van der Waals surface area contributed by atoms with Gasteiger partial charge in [0.15, 0.2) is 0 Å². The zero-order valence-electron chi connectivity index (χ0n) is 16.9. The predicted molar refractivity (Wildman–Crippen MR) is 107 cm³/mol. The number of hydrogen-bond donors (Lipinski definition) is 3. The summed E-state index contributed by atoms with van der Waals surface area (Å²) >= 11 is 0. The lowest BCUT2D eigenvalue weighted by Crippen LogP contribution is -2.41. The molecule has 3 N–H and O–H groups in total. The van der Waals surface area contributed by atoms with Crippen LogP contribution in [0.5, 0.6) is 0 Å². The molecule has 0 heterocycles. The third kappa shape index (κ3) is 5.93. The fourth-order valence-electron chi connectivity index (χ4n) is 4.58. The smallest absolute Gasteiger partial charge is 0.303 e. The van der Waals surface area contributed by atoms with E-state index in [9.17, 15) is 19.8 Å². The summed E-state index contributed by atoms with van der Waals surface area (Å²) in [5.74, 6) is 4.55. The number of hydrogen-bond acceptors (Lipinski definition) is 4. The van der Waals surface area contributed by atoms with Crippen molar-refractivity contribution in [3.8, 4) is 11.8 Å². The van der Waals surface area contributed by atoms with Gasteiger partial charge in [-0.15, -0.1) is 11.8 Å². The molecule has 5 heteroatoms. The second-order valence-electron chi connectivity index (χ2n) is 8.37. The van der Waals surface area contributed by atoms with Gasteiger partial charge in [0.05, 0.1) is 12.2 Å². The second kappa shape index (κ2) is 10.8. The Morgan fingerprint density at radius 1 is 1.36 bits per heavy atom. The van der Waals surface area contributed by atoms with E-state index in [0.29, 0.717) is 25.7 Å². The summed E-state index contributed by atoms with van der Waals surface area (Å²) in [6.45, 7) is 2.15. The first-order valence-corrected chi connectivity index (χ1v) is 10.6. The van der Waals surface area contributed by atoms with Crippen molar-refractivity contribution < 1.29 is 24.9 Å². The highest BCUT2D eigenvalue weighted by atomic mass is 16.4. The van der Waals surface area contributed by atoms with Gasteiger partial charge in [0.1, 0.15) is 5.78 Å². The third-order valence-corrected chi connectivity index (χ3v) is 6.39. The van der Waals surface area contributed by atoms with Crippen LogP contribution in [0.1, 0.15) is 77.6 Å². The van der Waals surface area contributed by atoms with Crippen molar-refractivity contribution in [3.05, 3.63) is 12.2 Å². The molecule has 0 spiro atoms. The zero-order chi connectivity index (χ0) is 20.6. The number of aliphatic carboxylic acids is 1. The molecule has 0 radical (unpaired) electrons. The van der Waals surface area contributed by atoms with Gasteiger partial charge < -0.3 is 15.3 Å². The van der Waals surface area contributed by atoms with E-state index < -0.39 is 12.1 Å². The van der Waals surface area contributed by atoms with E-state index in [0.717, 1.165) is 25.7 Å². The first-order valence-electron chi connectivity index (χ1n) is 10.6. The van der Waals surface area contributed by atoms with Gasteiger partial charge in [0, 0.05) is 37.5 Å². The van der Waals surface area contributed by atoms with Crippen molar-refractivity contribution in [3.63, 3.8) is 0 Å². The summed E-state index contributed by atoms with van der Waals surface area (Å²) in [6.07, 6.45) is 10.5. The summed E-state index contributed by atoms with van der Waals surface area (Å²) < 4.78 is 0. The molecule has 156 valence electrons. The Hall–Kier alpha value is -1.64. The van der Waals surface area contributed by atoms with Crippen molar-refractivity contribution in [2.75, 3.05) is 0 Å². The van der Waals surface area contributed by atoms with Gasteiger partial charge in [-0.3, -0.25) is 9.59 Å². The highest BCUT2D eigenvalue weighted by Gasteiger charge is 2.42. The fraction of sp³-hybridized carbons (Fsp3) is 0.739. The van der Waals surface area contributed by atoms with Gasteiger partial charge in [-0.25, -0.2) is 0 Å². The van der Waals surface area contributed by atoms with Crippen molar-refractivity contribution in [2.24, 2.45) is 17.3 Å². The van der Waals surface area contributed by atoms with Crippen LogP contribution in [0.2, 0.25) is 0 Å². The number of carboxylic acids is 1.